The van der Waals surface area contributed by atoms with Crippen LogP contribution < -0.4 is 5.32 Å². The van der Waals surface area contributed by atoms with Gasteiger partial charge in [0.2, 0.25) is 5.91 Å². The van der Waals surface area contributed by atoms with E-state index in [0.29, 0.717) is 12.4 Å². The van der Waals surface area contributed by atoms with Crippen LogP contribution in [0.25, 0.3) is 0 Å². The number of methoxy groups -OCH3 is 1. The molecule has 0 atom stereocenters. The first-order valence-electron chi connectivity index (χ1n) is 8.72. The summed E-state index contributed by atoms with van der Waals surface area (Å²) in [6.45, 7) is 6.20. The Morgan fingerprint density at radius 3 is 2.96 bits per heavy atom. The number of amides is 1. The van der Waals surface area contributed by atoms with E-state index in [0.717, 1.165) is 36.1 Å². The first-order valence-corrected chi connectivity index (χ1v) is 9.70. The predicted molar refractivity (Wildman–Crippen MR) is 98.5 cm³/mol. The third-order valence-electron chi connectivity index (χ3n) is 4.43. The molecule has 0 unspecified atom stereocenters. The van der Waals surface area contributed by atoms with Crippen molar-refractivity contribution in [3.63, 3.8) is 0 Å². The molecule has 0 aromatic carbocycles. The number of imidazole rings is 1. The molecule has 1 amide bonds. The summed E-state index contributed by atoms with van der Waals surface area (Å²) in [5.74, 6) is 0.482. The normalized spacial score (nSPS) is 14.5. The molecule has 1 aromatic rings. The molecule has 0 saturated heterocycles. The zero-order valence-corrected chi connectivity index (χ0v) is 15.9. The summed E-state index contributed by atoms with van der Waals surface area (Å²) in [5.41, 5.74) is 3.65. The fourth-order valence-electron chi connectivity index (χ4n) is 2.85. The van der Waals surface area contributed by atoms with E-state index in [1.54, 1.807) is 7.11 Å². The van der Waals surface area contributed by atoms with Gasteiger partial charge in [-0.1, -0.05) is 23.4 Å². The Morgan fingerprint density at radius 2 is 2.25 bits per heavy atom. The lowest BCUT2D eigenvalue weighted by molar-refractivity contribution is -0.118. The van der Waals surface area contributed by atoms with Crippen molar-refractivity contribution in [3.05, 3.63) is 23.0 Å². The molecule has 24 heavy (non-hydrogen) atoms. The molecule has 1 aliphatic rings. The number of aryl methyl sites for hydroxylation is 1. The van der Waals surface area contributed by atoms with E-state index in [4.69, 9.17) is 4.74 Å². The maximum atomic E-state index is 12.1. The predicted octanol–water partition coefficient (Wildman–Crippen LogP) is 3.25. The van der Waals surface area contributed by atoms with Crippen molar-refractivity contribution >= 4 is 17.7 Å². The summed E-state index contributed by atoms with van der Waals surface area (Å²) >= 11 is 1.50. The van der Waals surface area contributed by atoms with Crippen molar-refractivity contribution in [1.82, 2.24) is 14.9 Å². The minimum Gasteiger partial charge on any atom is -0.383 e. The molecule has 2 rings (SSSR count). The number of hydrogen-bond acceptors (Lipinski definition) is 4. The topological polar surface area (TPSA) is 56.1 Å². The van der Waals surface area contributed by atoms with E-state index >= 15 is 0 Å². The van der Waals surface area contributed by atoms with Crippen LogP contribution in [0.2, 0.25) is 0 Å². The molecule has 6 heteroatoms. The number of carbonyl (C=O) groups is 1. The van der Waals surface area contributed by atoms with Gasteiger partial charge in [0.1, 0.15) is 0 Å². The number of allylic oxidation sites excluding steroid dienone is 1. The highest BCUT2D eigenvalue weighted by Crippen LogP contribution is 2.21. The van der Waals surface area contributed by atoms with Crippen LogP contribution in [0.15, 0.2) is 16.8 Å². The van der Waals surface area contributed by atoms with Crippen molar-refractivity contribution in [3.8, 4) is 0 Å². The standard InChI is InChI=1S/C18H29N3O2S/c1-14-15(2)21(11-12-23-3)18(20-14)24-13-17(22)19-10-9-16-7-5-4-6-8-16/h7H,4-6,8-13H2,1-3H3,(H,19,22). The van der Waals surface area contributed by atoms with Gasteiger partial charge < -0.3 is 14.6 Å². The van der Waals surface area contributed by atoms with Gasteiger partial charge in [0.25, 0.3) is 0 Å². The number of ether oxygens (including phenoxy) is 1. The molecule has 0 aliphatic heterocycles. The highest BCUT2D eigenvalue weighted by molar-refractivity contribution is 7.99. The van der Waals surface area contributed by atoms with Gasteiger partial charge in [0, 0.05) is 25.9 Å². The second-order valence-corrected chi connectivity index (χ2v) is 7.15. The van der Waals surface area contributed by atoms with E-state index in [9.17, 15) is 4.79 Å². The van der Waals surface area contributed by atoms with Gasteiger partial charge in [-0.15, -0.1) is 0 Å². The smallest absolute Gasteiger partial charge is 0.230 e. The van der Waals surface area contributed by atoms with Crippen molar-refractivity contribution in [2.45, 2.75) is 57.7 Å². The first kappa shape index (κ1) is 19.1. The lowest BCUT2D eigenvalue weighted by Crippen LogP contribution is -2.26. The van der Waals surface area contributed by atoms with Crippen LogP contribution in [0.5, 0.6) is 0 Å². The van der Waals surface area contributed by atoms with Crippen LogP contribution in [0.3, 0.4) is 0 Å². The number of nitrogens with zero attached hydrogens (tertiary/aromatic N) is 2. The van der Waals surface area contributed by atoms with Gasteiger partial charge in [-0.2, -0.15) is 0 Å². The molecule has 1 heterocycles. The van der Waals surface area contributed by atoms with Crippen molar-refractivity contribution in [2.24, 2.45) is 0 Å². The van der Waals surface area contributed by atoms with Crippen LogP contribution in [-0.2, 0) is 16.1 Å². The van der Waals surface area contributed by atoms with Crippen LogP contribution in [0.1, 0.15) is 43.5 Å². The molecule has 1 aromatic heterocycles. The molecule has 134 valence electrons. The first-order chi connectivity index (χ1) is 11.6. The van der Waals surface area contributed by atoms with E-state index < -0.39 is 0 Å². The Labute approximate surface area is 149 Å². The lowest BCUT2D eigenvalue weighted by atomic mass is 9.97. The zero-order chi connectivity index (χ0) is 17.4. The molecular formula is C18H29N3O2S. The highest BCUT2D eigenvalue weighted by atomic mass is 32.2. The van der Waals surface area contributed by atoms with Crippen molar-refractivity contribution in [1.29, 1.82) is 0 Å². The third kappa shape index (κ3) is 5.67. The maximum Gasteiger partial charge on any atom is 0.230 e. The second-order valence-electron chi connectivity index (χ2n) is 6.21. The summed E-state index contributed by atoms with van der Waals surface area (Å²) in [6.07, 6.45) is 8.31. The van der Waals surface area contributed by atoms with Crippen molar-refractivity contribution in [2.75, 3.05) is 26.0 Å². The van der Waals surface area contributed by atoms with Crippen molar-refractivity contribution < 1.29 is 9.53 Å². The number of carbonyl (C=O) groups excluding carboxylic acids is 1. The Bertz CT molecular complexity index is 581. The van der Waals surface area contributed by atoms with Crippen LogP contribution in [0.4, 0.5) is 0 Å². The van der Waals surface area contributed by atoms with E-state index in [1.165, 1.54) is 43.0 Å². The van der Waals surface area contributed by atoms with Crippen LogP contribution >= 0.6 is 11.8 Å². The molecule has 1 aliphatic carbocycles. The number of rotatable bonds is 9. The summed E-state index contributed by atoms with van der Waals surface area (Å²) in [5, 5.41) is 3.92. The summed E-state index contributed by atoms with van der Waals surface area (Å²) < 4.78 is 7.29. The minimum atomic E-state index is 0.0769. The van der Waals surface area contributed by atoms with E-state index in [1.807, 2.05) is 6.92 Å². The Balaban J connectivity index is 1.76. The molecular weight excluding hydrogens is 322 g/mol. The van der Waals surface area contributed by atoms with Gasteiger partial charge in [-0.05, 0) is 46.0 Å². The fraction of sp³-hybridized carbons (Fsp3) is 0.667. The third-order valence-corrected chi connectivity index (χ3v) is 5.40. The number of thioether (sulfide) groups is 1. The Hall–Kier alpha value is -1.27. The van der Waals surface area contributed by atoms with Gasteiger partial charge in [0.15, 0.2) is 5.16 Å². The van der Waals surface area contributed by atoms with E-state index in [-0.39, 0.29) is 5.91 Å². The second kappa shape index (κ2) is 9.89. The molecule has 0 radical (unpaired) electrons. The van der Waals surface area contributed by atoms with Crippen LogP contribution in [-0.4, -0.2) is 41.5 Å². The molecule has 0 spiro atoms. The summed E-state index contributed by atoms with van der Waals surface area (Å²) in [4.78, 5) is 16.6. The van der Waals surface area contributed by atoms with Gasteiger partial charge in [-0.3, -0.25) is 4.79 Å². The molecule has 0 saturated carbocycles. The summed E-state index contributed by atoms with van der Waals surface area (Å²) in [7, 11) is 1.70. The van der Waals surface area contributed by atoms with E-state index in [2.05, 4.69) is 27.9 Å². The summed E-state index contributed by atoms with van der Waals surface area (Å²) in [6, 6.07) is 0. The van der Waals surface area contributed by atoms with Gasteiger partial charge >= 0.3 is 0 Å². The zero-order valence-electron chi connectivity index (χ0n) is 15.1. The molecule has 1 N–H and O–H groups in total. The number of aromatic nitrogens is 2. The highest BCUT2D eigenvalue weighted by Gasteiger charge is 2.13. The molecule has 5 nitrogen and oxygen atoms in total. The Morgan fingerprint density at radius 1 is 1.42 bits per heavy atom. The average Bonchev–Trinajstić information content (AvgIpc) is 2.86. The van der Waals surface area contributed by atoms with Crippen LogP contribution in [0, 0.1) is 13.8 Å². The SMILES string of the molecule is COCCn1c(SCC(=O)NCCC2=CCCCC2)nc(C)c1C. The van der Waals surface area contributed by atoms with Gasteiger partial charge in [-0.25, -0.2) is 4.98 Å². The minimum absolute atomic E-state index is 0.0769. The number of nitrogens with one attached hydrogen (secondary N) is 1. The van der Waals surface area contributed by atoms with Gasteiger partial charge in [0.05, 0.1) is 18.1 Å². The average molecular weight is 352 g/mol. The largest absolute Gasteiger partial charge is 0.383 e. The molecule has 0 bridgehead atoms. The quantitative estimate of drug-likeness (QED) is 0.548. The fourth-order valence-corrected chi connectivity index (χ4v) is 3.80. The maximum absolute atomic E-state index is 12.1. The monoisotopic (exact) mass is 351 g/mol. The lowest BCUT2D eigenvalue weighted by Gasteiger charge is -2.13. The number of hydrogen-bond donors (Lipinski definition) is 1. The Kier molecular flexibility index (Phi) is 7.85. The molecule has 0 fully saturated rings.